The van der Waals surface area contributed by atoms with Crippen LogP contribution in [0.5, 0.6) is 0 Å². The maximum absolute atomic E-state index is 4.34. The van der Waals surface area contributed by atoms with Gasteiger partial charge in [0, 0.05) is 26.0 Å². The number of hydrogen-bond acceptors (Lipinski definition) is 7. The third-order valence-electron chi connectivity index (χ3n) is 2.36. The van der Waals surface area contributed by atoms with Gasteiger partial charge in [-0.3, -0.25) is 0 Å². The van der Waals surface area contributed by atoms with E-state index >= 15 is 0 Å². The summed E-state index contributed by atoms with van der Waals surface area (Å²) in [4.78, 5) is 12.9. The first kappa shape index (κ1) is 13.6. The van der Waals surface area contributed by atoms with Gasteiger partial charge in [-0.2, -0.15) is 31.8 Å². The van der Waals surface area contributed by atoms with Crippen molar-refractivity contribution < 1.29 is 0 Å². The molecule has 102 valence electrons. The molecule has 0 atom stereocenters. The van der Waals surface area contributed by atoms with E-state index in [1.54, 1.807) is 24.1 Å². The van der Waals surface area contributed by atoms with E-state index in [-0.39, 0.29) is 0 Å². The Hall–Kier alpha value is -1.83. The van der Waals surface area contributed by atoms with Crippen molar-refractivity contribution in [3.05, 3.63) is 18.5 Å². The van der Waals surface area contributed by atoms with E-state index in [0.29, 0.717) is 17.8 Å². The Bertz CT molecular complexity index is 500. The monoisotopic (exact) mass is 279 g/mol. The highest BCUT2D eigenvalue weighted by molar-refractivity contribution is 7.98. The maximum Gasteiger partial charge on any atom is 0.257 e. The summed E-state index contributed by atoms with van der Waals surface area (Å²) in [6.07, 6.45) is 6.65. The molecule has 0 aliphatic rings. The van der Waals surface area contributed by atoms with Crippen LogP contribution in [0.15, 0.2) is 18.5 Å². The van der Waals surface area contributed by atoms with Crippen molar-refractivity contribution in [3.8, 4) is 5.95 Å². The van der Waals surface area contributed by atoms with Crippen molar-refractivity contribution in [1.29, 1.82) is 0 Å². The normalized spacial score (nSPS) is 10.4. The van der Waals surface area contributed by atoms with Gasteiger partial charge in [-0.25, -0.2) is 4.68 Å². The Kier molecular flexibility index (Phi) is 4.96. The summed E-state index contributed by atoms with van der Waals surface area (Å²) in [5, 5.41) is 10.2. The Morgan fingerprint density at radius 2 is 2.11 bits per heavy atom. The summed E-state index contributed by atoms with van der Waals surface area (Å²) in [6, 6.07) is 1.83. The maximum atomic E-state index is 4.34. The van der Waals surface area contributed by atoms with Crippen LogP contribution in [-0.2, 0) is 0 Å². The van der Waals surface area contributed by atoms with Crippen LogP contribution >= 0.6 is 11.8 Å². The molecule has 0 aromatic carbocycles. The molecule has 2 aromatic heterocycles. The van der Waals surface area contributed by atoms with Crippen LogP contribution in [0.2, 0.25) is 0 Å². The van der Waals surface area contributed by atoms with Gasteiger partial charge in [-0.15, -0.1) is 0 Å². The number of aromatic nitrogens is 5. The summed E-state index contributed by atoms with van der Waals surface area (Å²) in [7, 11) is 1.78. The minimum Gasteiger partial charge on any atom is -0.357 e. The largest absolute Gasteiger partial charge is 0.357 e. The fourth-order valence-corrected chi connectivity index (χ4v) is 1.89. The highest BCUT2D eigenvalue weighted by atomic mass is 32.2. The molecule has 19 heavy (non-hydrogen) atoms. The number of nitrogens with one attached hydrogen (secondary N) is 2. The van der Waals surface area contributed by atoms with E-state index in [9.17, 15) is 0 Å². The lowest BCUT2D eigenvalue weighted by molar-refractivity contribution is 0.795. The molecule has 8 heteroatoms. The van der Waals surface area contributed by atoms with Crippen LogP contribution in [0.4, 0.5) is 11.9 Å². The molecule has 2 rings (SSSR count). The molecular weight excluding hydrogens is 262 g/mol. The molecule has 0 amide bonds. The first-order valence-electron chi connectivity index (χ1n) is 6.00. The van der Waals surface area contributed by atoms with Crippen molar-refractivity contribution in [1.82, 2.24) is 24.7 Å². The molecule has 2 N–H and O–H groups in total. The molecule has 0 radical (unpaired) electrons. The zero-order valence-corrected chi connectivity index (χ0v) is 11.8. The van der Waals surface area contributed by atoms with Gasteiger partial charge >= 0.3 is 0 Å². The van der Waals surface area contributed by atoms with Crippen molar-refractivity contribution in [3.63, 3.8) is 0 Å². The Balaban J connectivity index is 2.12. The van der Waals surface area contributed by atoms with Crippen LogP contribution in [0.25, 0.3) is 5.95 Å². The predicted molar refractivity (Wildman–Crippen MR) is 78.0 cm³/mol. The van der Waals surface area contributed by atoms with Gasteiger partial charge in [0.15, 0.2) is 0 Å². The number of nitrogens with zero attached hydrogens (tertiary/aromatic N) is 5. The lowest BCUT2D eigenvalue weighted by atomic mass is 10.5. The molecule has 0 aliphatic heterocycles. The summed E-state index contributed by atoms with van der Waals surface area (Å²) < 4.78 is 1.61. The van der Waals surface area contributed by atoms with Crippen molar-refractivity contribution in [2.45, 2.75) is 6.42 Å². The first-order valence-corrected chi connectivity index (χ1v) is 7.39. The van der Waals surface area contributed by atoms with E-state index in [0.717, 1.165) is 18.7 Å². The van der Waals surface area contributed by atoms with Gasteiger partial charge in [0.2, 0.25) is 11.9 Å². The molecule has 7 nitrogen and oxygen atoms in total. The number of hydrogen-bond donors (Lipinski definition) is 2. The molecule has 0 spiro atoms. The zero-order valence-electron chi connectivity index (χ0n) is 11.0. The summed E-state index contributed by atoms with van der Waals surface area (Å²) in [6.45, 7) is 0.840. The minimum atomic E-state index is 0.497. The highest BCUT2D eigenvalue weighted by Crippen LogP contribution is 2.08. The fourth-order valence-electron chi connectivity index (χ4n) is 1.46. The molecule has 0 saturated carbocycles. The number of rotatable bonds is 7. The molecule has 2 aromatic rings. The number of anilines is 2. The number of thioether (sulfide) groups is 1. The summed E-state index contributed by atoms with van der Waals surface area (Å²) in [5.74, 6) is 2.69. The quantitative estimate of drug-likeness (QED) is 0.738. The Morgan fingerprint density at radius 3 is 2.79 bits per heavy atom. The fraction of sp³-hybridized carbons (Fsp3) is 0.455. The van der Waals surface area contributed by atoms with Gasteiger partial charge in [0.05, 0.1) is 0 Å². The van der Waals surface area contributed by atoms with E-state index in [4.69, 9.17) is 0 Å². The van der Waals surface area contributed by atoms with Crippen LogP contribution in [-0.4, -0.2) is 50.3 Å². The average Bonchev–Trinajstić information content (AvgIpc) is 2.97. The van der Waals surface area contributed by atoms with Gasteiger partial charge in [0.25, 0.3) is 5.95 Å². The van der Waals surface area contributed by atoms with Crippen molar-refractivity contribution in [2.75, 3.05) is 36.2 Å². The van der Waals surface area contributed by atoms with E-state index < -0.39 is 0 Å². The van der Waals surface area contributed by atoms with Crippen LogP contribution in [0.3, 0.4) is 0 Å². The Morgan fingerprint density at radius 1 is 1.26 bits per heavy atom. The molecule has 0 fully saturated rings. The van der Waals surface area contributed by atoms with Gasteiger partial charge < -0.3 is 10.6 Å². The van der Waals surface area contributed by atoms with E-state index in [1.165, 1.54) is 0 Å². The van der Waals surface area contributed by atoms with Crippen molar-refractivity contribution in [2.24, 2.45) is 0 Å². The smallest absolute Gasteiger partial charge is 0.257 e. The first-order chi connectivity index (χ1) is 9.33. The second-order valence-corrected chi connectivity index (χ2v) is 4.74. The van der Waals surface area contributed by atoms with Gasteiger partial charge in [-0.05, 0) is 24.5 Å². The second-order valence-electron chi connectivity index (χ2n) is 3.76. The van der Waals surface area contributed by atoms with Crippen LogP contribution in [0, 0.1) is 0 Å². The lowest BCUT2D eigenvalue weighted by Gasteiger charge is -2.08. The highest BCUT2D eigenvalue weighted by Gasteiger charge is 2.07. The molecule has 0 unspecified atom stereocenters. The summed E-state index contributed by atoms with van der Waals surface area (Å²) in [5.41, 5.74) is 0. The summed E-state index contributed by atoms with van der Waals surface area (Å²) >= 11 is 1.83. The van der Waals surface area contributed by atoms with Gasteiger partial charge in [-0.1, -0.05) is 0 Å². The third kappa shape index (κ3) is 3.82. The average molecular weight is 279 g/mol. The second kappa shape index (κ2) is 6.93. The zero-order chi connectivity index (χ0) is 13.5. The predicted octanol–water partition coefficient (Wildman–Crippen LogP) is 1.26. The standard InChI is InChI=1S/C11H17N7S/c1-12-9-15-10(13-5-4-8-19-2)17-11(16-9)18-7-3-6-14-18/h3,6-7H,4-5,8H2,1-2H3,(H2,12,13,15,16,17). The molecule has 0 aliphatic carbocycles. The lowest BCUT2D eigenvalue weighted by Crippen LogP contribution is -2.12. The van der Waals surface area contributed by atoms with E-state index in [2.05, 4.69) is 36.9 Å². The molecule has 2 heterocycles. The topological polar surface area (TPSA) is 80.5 Å². The Labute approximate surface area is 116 Å². The third-order valence-corrected chi connectivity index (χ3v) is 3.06. The molecule has 0 bridgehead atoms. The van der Waals surface area contributed by atoms with E-state index in [1.807, 2.05) is 17.8 Å². The van der Waals surface area contributed by atoms with Crippen molar-refractivity contribution >= 4 is 23.7 Å². The van der Waals surface area contributed by atoms with Crippen LogP contribution in [0.1, 0.15) is 6.42 Å². The van der Waals surface area contributed by atoms with Gasteiger partial charge in [0.1, 0.15) is 0 Å². The minimum absolute atomic E-state index is 0.497. The molecule has 0 saturated heterocycles. The van der Waals surface area contributed by atoms with Crippen LogP contribution < -0.4 is 10.6 Å². The SMILES string of the molecule is CNc1nc(NCCCSC)nc(-n2cccn2)n1. The molecular formula is C11H17N7S.